The Morgan fingerprint density at radius 1 is 1.03 bits per heavy atom. The van der Waals surface area contributed by atoms with Gasteiger partial charge in [0.15, 0.2) is 5.78 Å². The van der Waals surface area contributed by atoms with Gasteiger partial charge in [0, 0.05) is 38.2 Å². The fourth-order valence-corrected chi connectivity index (χ4v) is 5.61. The molecule has 1 amide bonds. The predicted molar refractivity (Wildman–Crippen MR) is 122 cm³/mol. The van der Waals surface area contributed by atoms with Gasteiger partial charge < -0.3 is 4.90 Å². The van der Waals surface area contributed by atoms with Crippen LogP contribution < -0.4 is 0 Å². The Balaban J connectivity index is 1.40. The van der Waals surface area contributed by atoms with Gasteiger partial charge in [-0.1, -0.05) is 24.3 Å². The highest BCUT2D eigenvalue weighted by Gasteiger charge is 2.28. The SMILES string of the molecule is CC(=O)c1cccc(-c2ccc(SN3CCN(C(=O)c4ccccc4)CC3C)s2)n1. The van der Waals surface area contributed by atoms with Crippen molar-refractivity contribution in [2.75, 3.05) is 19.6 Å². The molecule has 1 unspecified atom stereocenters. The number of ketones is 1. The lowest BCUT2D eigenvalue weighted by Crippen LogP contribution is -2.51. The number of pyridine rings is 1. The molecule has 0 spiro atoms. The molecule has 0 radical (unpaired) electrons. The lowest BCUT2D eigenvalue weighted by Gasteiger charge is -2.38. The Bertz CT molecular complexity index is 1050. The Hall–Kier alpha value is -2.48. The number of carbonyl (C=O) groups is 2. The summed E-state index contributed by atoms with van der Waals surface area (Å²) in [4.78, 5) is 31.8. The Morgan fingerprint density at radius 3 is 2.57 bits per heavy atom. The minimum Gasteiger partial charge on any atom is -0.336 e. The number of rotatable bonds is 5. The van der Waals surface area contributed by atoms with E-state index in [0.29, 0.717) is 18.8 Å². The molecule has 0 saturated carbocycles. The quantitative estimate of drug-likeness (QED) is 0.421. The maximum absolute atomic E-state index is 12.7. The van der Waals surface area contributed by atoms with Crippen molar-refractivity contribution in [2.45, 2.75) is 24.1 Å². The number of benzene rings is 1. The number of aromatic nitrogens is 1. The highest BCUT2D eigenvalue weighted by Crippen LogP contribution is 2.36. The van der Waals surface area contributed by atoms with Crippen molar-refractivity contribution in [3.8, 4) is 10.6 Å². The average molecular weight is 438 g/mol. The third-order valence-corrected chi connectivity index (χ3v) is 7.49. The van der Waals surface area contributed by atoms with Crippen LogP contribution >= 0.6 is 23.3 Å². The minimum atomic E-state index is -0.0280. The molecule has 30 heavy (non-hydrogen) atoms. The van der Waals surface area contributed by atoms with E-state index >= 15 is 0 Å². The second-order valence-electron chi connectivity index (χ2n) is 7.28. The summed E-state index contributed by atoms with van der Waals surface area (Å²) < 4.78 is 3.51. The number of Topliss-reactive ketones (excluding diaryl/α,β-unsaturated/α-hetero) is 1. The van der Waals surface area contributed by atoms with Crippen molar-refractivity contribution < 1.29 is 9.59 Å². The van der Waals surface area contributed by atoms with Crippen molar-refractivity contribution in [1.29, 1.82) is 0 Å². The van der Waals surface area contributed by atoms with Gasteiger partial charge in [0.05, 0.1) is 14.8 Å². The van der Waals surface area contributed by atoms with Gasteiger partial charge in [0.1, 0.15) is 5.69 Å². The number of amides is 1. The summed E-state index contributed by atoms with van der Waals surface area (Å²) in [5.41, 5.74) is 2.06. The largest absolute Gasteiger partial charge is 0.336 e. The van der Waals surface area contributed by atoms with E-state index in [-0.39, 0.29) is 17.7 Å². The molecule has 0 N–H and O–H groups in total. The molecule has 1 fully saturated rings. The number of hydrogen-bond donors (Lipinski definition) is 0. The van der Waals surface area contributed by atoms with Crippen molar-refractivity contribution in [3.05, 3.63) is 71.9 Å². The van der Waals surface area contributed by atoms with Crippen molar-refractivity contribution in [3.63, 3.8) is 0 Å². The van der Waals surface area contributed by atoms with E-state index in [1.54, 1.807) is 29.4 Å². The van der Waals surface area contributed by atoms with Gasteiger partial charge >= 0.3 is 0 Å². The van der Waals surface area contributed by atoms with E-state index in [9.17, 15) is 9.59 Å². The normalized spacial score (nSPS) is 17.1. The van der Waals surface area contributed by atoms with Gasteiger partial charge in [-0.05, 0) is 55.3 Å². The monoisotopic (exact) mass is 437 g/mol. The number of carbonyl (C=O) groups excluding carboxylic acids is 2. The molecule has 5 nitrogen and oxygen atoms in total. The smallest absolute Gasteiger partial charge is 0.253 e. The summed E-state index contributed by atoms with van der Waals surface area (Å²) in [6, 6.07) is 19.4. The average Bonchev–Trinajstić information content (AvgIpc) is 3.24. The molecule has 154 valence electrons. The van der Waals surface area contributed by atoms with Crippen LogP contribution in [0.5, 0.6) is 0 Å². The van der Waals surface area contributed by atoms with Crippen LogP contribution in [0.4, 0.5) is 0 Å². The second-order valence-corrected chi connectivity index (χ2v) is 9.71. The molecule has 1 aromatic carbocycles. The third-order valence-electron chi connectivity index (χ3n) is 5.03. The Kier molecular flexibility index (Phi) is 6.32. The standard InChI is InChI=1S/C23H23N3O2S2/c1-16-15-25(23(28)18-7-4-3-5-8-18)13-14-26(16)30-22-12-11-21(29-22)20-10-6-9-19(24-20)17(2)27/h3-12,16H,13-15H2,1-2H3. The lowest BCUT2D eigenvalue weighted by atomic mass is 10.1. The van der Waals surface area contributed by atoms with Crippen LogP contribution in [0.2, 0.25) is 0 Å². The van der Waals surface area contributed by atoms with Crippen molar-refractivity contribution in [1.82, 2.24) is 14.2 Å². The van der Waals surface area contributed by atoms with E-state index < -0.39 is 0 Å². The molecular formula is C23H23N3O2S2. The summed E-state index contributed by atoms with van der Waals surface area (Å²) in [6.45, 7) is 5.93. The molecule has 0 bridgehead atoms. The number of hydrogen-bond acceptors (Lipinski definition) is 6. The van der Waals surface area contributed by atoms with Gasteiger partial charge in [-0.2, -0.15) is 0 Å². The maximum Gasteiger partial charge on any atom is 0.253 e. The zero-order valence-corrected chi connectivity index (χ0v) is 18.6. The first-order valence-corrected chi connectivity index (χ1v) is 11.5. The van der Waals surface area contributed by atoms with E-state index in [1.165, 1.54) is 11.1 Å². The Labute approximate surface area is 184 Å². The molecule has 1 aliphatic heterocycles. The van der Waals surface area contributed by atoms with Gasteiger partial charge in [-0.25, -0.2) is 9.29 Å². The topological polar surface area (TPSA) is 53.5 Å². The van der Waals surface area contributed by atoms with Crippen LogP contribution in [0, 0.1) is 0 Å². The van der Waals surface area contributed by atoms with Gasteiger partial charge in [0.25, 0.3) is 5.91 Å². The van der Waals surface area contributed by atoms with Crippen LogP contribution in [0.3, 0.4) is 0 Å². The molecule has 2 aromatic heterocycles. The zero-order valence-electron chi connectivity index (χ0n) is 16.9. The first kappa shape index (κ1) is 20.8. The minimum absolute atomic E-state index is 0.0280. The summed E-state index contributed by atoms with van der Waals surface area (Å²) in [5, 5.41) is 0. The predicted octanol–water partition coefficient (Wildman–Crippen LogP) is 4.87. The molecule has 1 saturated heterocycles. The summed E-state index contributed by atoms with van der Waals surface area (Å²) in [6.07, 6.45) is 0. The maximum atomic E-state index is 12.7. The Morgan fingerprint density at radius 2 is 1.83 bits per heavy atom. The van der Waals surface area contributed by atoms with E-state index in [0.717, 1.165) is 22.7 Å². The van der Waals surface area contributed by atoms with Crippen molar-refractivity contribution >= 4 is 35.0 Å². The van der Waals surface area contributed by atoms with Crippen LogP contribution in [-0.2, 0) is 0 Å². The van der Waals surface area contributed by atoms with E-state index in [4.69, 9.17) is 0 Å². The molecule has 4 rings (SSSR count). The van der Waals surface area contributed by atoms with Crippen LogP contribution in [-0.4, -0.2) is 51.6 Å². The molecule has 3 heterocycles. The highest BCUT2D eigenvalue weighted by molar-refractivity contribution is 7.99. The van der Waals surface area contributed by atoms with Gasteiger partial charge in [0.2, 0.25) is 0 Å². The molecular weight excluding hydrogens is 414 g/mol. The summed E-state index contributed by atoms with van der Waals surface area (Å²) in [5.74, 6) is 0.0710. The van der Waals surface area contributed by atoms with Crippen LogP contribution in [0.15, 0.2) is 64.9 Å². The number of thiophene rings is 1. The molecule has 7 heteroatoms. The zero-order chi connectivity index (χ0) is 21.1. The molecule has 3 aromatic rings. The highest BCUT2D eigenvalue weighted by atomic mass is 32.2. The lowest BCUT2D eigenvalue weighted by molar-refractivity contribution is 0.0653. The van der Waals surface area contributed by atoms with Crippen molar-refractivity contribution in [2.24, 2.45) is 0 Å². The fraction of sp³-hybridized carbons (Fsp3) is 0.261. The molecule has 0 aliphatic carbocycles. The summed E-state index contributed by atoms with van der Waals surface area (Å²) in [7, 11) is 0. The fourth-order valence-electron chi connectivity index (χ4n) is 3.41. The van der Waals surface area contributed by atoms with Gasteiger partial charge in [-0.15, -0.1) is 11.3 Å². The number of nitrogens with zero attached hydrogens (tertiary/aromatic N) is 3. The molecule has 1 atom stereocenters. The van der Waals surface area contributed by atoms with Gasteiger partial charge in [-0.3, -0.25) is 9.59 Å². The first-order chi connectivity index (χ1) is 14.5. The van der Waals surface area contributed by atoms with E-state index in [2.05, 4.69) is 28.3 Å². The molecule has 1 aliphatic rings. The summed E-state index contributed by atoms with van der Waals surface area (Å²) >= 11 is 3.40. The third kappa shape index (κ3) is 4.64. The number of piperazine rings is 1. The van der Waals surface area contributed by atoms with Crippen LogP contribution in [0.25, 0.3) is 10.6 Å². The second kappa shape index (κ2) is 9.12. The first-order valence-electron chi connectivity index (χ1n) is 9.88. The van der Waals surface area contributed by atoms with E-state index in [1.807, 2.05) is 47.4 Å². The van der Waals surface area contributed by atoms with Crippen LogP contribution in [0.1, 0.15) is 34.7 Å².